The number of rotatable bonds is 9. The van der Waals surface area contributed by atoms with Crippen molar-refractivity contribution in [3.8, 4) is 0 Å². The molecule has 1 amide bonds. The lowest BCUT2D eigenvalue weighted by Crippen LogP contribution is -2.48. The fourth-order valence-corrected chi connectivity index (χ4v) is 5.56. The molecule has 1 saturated heterocycles. The van der Waals surface area contributed by atoms with E-state index in [1.54, 1.807) is 0 Å². The largest absolute Gasteiger partial charge is 0.469 e. The van der Waals surface area contributed by atoms with E-state index in [9.17, 15) is 18.0 Å². The smallest absolute Gasteiger partial charge is 0.305 e. The molecule has 0 radical (unpaired) electrons. The third-order valence-corrected chi connectivity index (χ3v) is 7.83. The number of halogens is 1. The first-order valence-corrected chi connectivity index (χ1v) is 12.8. The van der Waals surface area contributed by atoms with Crippen molar-refractivity contribution in [2.75, 3.05) is 13.7 Å². The van der Waals surface area contributed by atoms with Gasteiger partial charge in [0, 0.05) is 24.5 Å². The molecule has 3 rings (SSSR count). The van der Waals surface area contributed by atoms with Crippen molar-refractivity contribution in [3.05, 3.63) is 64.7 Å². The number of nitrogens with zero attached hydrogens (tertiary/aromatic N) is 1. The average Bonchev–Trinajstić information content (AvgIpc) is 3.02. The highest BCUT2D eigenvalue weighted by molar-refractivity contribution is 7.89. The Labute approximate surface area is 200 Å². The van der Waals surface area contributed by atoms with E-state index in [4.69, 9.17) is 11.6 Å². The van der Waals surface area contributed by atoms with Crippen LogP contribution in [0, 0.1) is 0 Å². The Morgan fingerprint density at radius 2 is 1.76 bits per heavy atom. The molecule has 7 nitrogen and oxygen atoms in total. The number of carbonyl (C=O) groups is 2. The predicted molar refractivity (Wildman–Crippen MR) is 126 cm³/mol. The summed E-state index contributed by atoms with van der Waals surface area (Å²) in [5.41, 5.74) is 1.82. The molecule has 33 heavy (non-hydrogen) atoms. The molecule has 2 aromatic carbocycles. The van der Waals surface area contributed by atoms with E-state index >= 15 is 0 Å². The summed E-state index contributed by atoms with van der Waals surface area (Å²) in [6, 6.07) is 12.8. The lowest BCUT2D eigenvalue weighted by molar-refractivity contribution is -0.140. The van der Waals surface area contributed by atoms with Gasteiger partial charge in [0.25, 0.3) is 0 Å². The predicted octanol–water partition coefficient (Wildman–Crippen LogP) is 3.70. The van der Waals surface area contributed by atoms with Crippen LogP contribution in [0.15, 0.2) is 53.4 Å². The van der Waals surface area contributed by atoms with Gasteiger partial charge in [-0.15, -0.1) is 0 Å². The van der Waals surface area contributed by atoms with Gasteiger partial charge in [-0.1, -0.05) is 35.9 Å². The van der Waals surface area contributed by atoms with Crippen molar-refractivity contribution in [1.82, 2.24) is 9.62 Å². The number of ether oxygens (including phenoxy) is 1. The topological polar surface area (TPSA) is 92.8 Å². The molecule has 1 heterocycles. The molecule has 1 fully saturated rings. The quantitative estimate of drug-likeness (QED) is 0.539. The van der Waals surface area contributed by atoms with Crippen molar-refractivity contribution < 1.29 is 22.7 Å². The van der Waals surface area contributed by atoms with Gasteiger partial charge >= 0.3 is 5.97 Å². The number of sulfonamides is 1. The summed E-state index contributed by atoms with van der Waals surface area (Å²) < 4.78 is 33.1. The Hall–Kier alpha value is -2.42. The number of carbonyl (C=O) groups excluding carboxylic acids is 2. The molecule has 178 valence electrons. The lowest BCUT2D eigenvalue weighted by atomic mass is 10.1. The molecule has 2 aromatic rings. The van der Waals surface area contributed by atoms with E-state index < -0.39 is 16.1 Å². The number of amides is 1. The van der Waals surface area contributed by atoms with Crippen molar-refractivity contribution in [2.45, 2.75) is 56.0 Å². The van der Waals surface area contributed by atoms with Crippen LogP contribution in [0.2, 0.25) is 5.02 Å². The summed E-state index contributed by atoms with van der Waals surface area (Å²) in [7, 11) is -2.57. The van der Waals surface area contributed by atoms with Gasteiger partial charge in [0.1, 0.15) is 6.04 Å². The Morgan fingerprint density at radius 1 is 1.09 bits per heavy atom. The lowest BCUT2D eigenvalue weighted by Gasteiger charge is -2.29. The third kappa shape index (κ3) is 6.79. The van der Waals surface area contributed by atoms with Crippen LogP contribution in [0.25, 0.3) is 0 Å². The molecule has 0 spiro atoms. The molecular weight excluding hydrogens is 464 g/mol. The summed E-state index contributed by atoms with van der Waals surface area (Å²) in [5.74, 6) is -0.513. The minimum atomic E-state index is -3.94. The van der Waals surface area contributed by atoms with Crippen LogP contribution in [0.3, 0.4) is 0 Å². The number of aryl methyl sites for hydroxylation is 1. The standard InChI is InChI=1S/C24H29ClN2O5S/c1-32-23(28)7-4-5-18-8-10-19(11-9-18)17-27(22-6-2-3-16-26-24(22)29)33(30,31)21-14-12-20(25)13-15-21/h8-15,22H,2-7,16-17H2,1H3,(H,26,29). The molecule has 1 N–H and O–H groups in total. The fourth-order valence-electron chi connectivity index (χ4n) is 3.83. The number of esters is 1. The van der Waals surface area contributed by atoms with Crippen LogP contribution in [0.5, 0.6) is 0 Å². The van der Waals surface area contributed by atoms with Gasteiger partial charge in [-0.3, -0.25) is 9.59 Å². The molecule has 0 aliphatic carbocycles. The maximum absolute atomic E-state index is 13.6. The van der Waals surface area contributed by atoms with Gasteiger partial charge in [-0.05, 0) is 67.5 Å². The number of hydrogen-bond donors (Lipinski definition) is 1. The zero-order valence-electron chi connectivity index (χ0n) is 18.6. The Morgan fingerprint density at radius 3 is 2.42 bits per heavy atom. The fraction of sp³-hybridized carbons (Fsp3) is 0.417. The second kappa shape index (κ2) is 11.6. The zero-order chi connectivity index (χ0) is 23.8. The van der Waals surface area contributed by atoms with Gasteiger partial charge in [0.05, 0.1) is 12.0 Å². The molecule has 1 aliphatic heterocycles. The van der Waals surface area contributed by atoms with Crippen LogP contribution < -0.4 is 5.32 Å². The Balaban J connectivity index is 1.83. The van der Waals surface area contributed by atoms with Crippen LogP contribution in [0.1, 0.15) is 43.2 Å². The third-order valence-electron chi connectivity index (χ3n) is 5.71. The minimum Gasteiger partial charge on any atom is -0.469 e. The highest BCUT2D eigenvalue weighted by Gasteiger charge is 2.36. The summed E-state index contributed by atoms with van der Waals surface area (Å²) in [4.78, 5) is 24.1. The monoisotopic (exact) mass is 492 g/mol. The van der Waals surface area contributed by atoms with Crippen LogP contribution in [-0.4, -0.2) is 44.3 Å². The van der Waals surface area contributed by atoms with E-state index in [0.29, 0.717) is 37.3 Å². The molecular formula is C24H29ClN2O5S. The van der Waals surface area contributed by atoms with E-state index in [1.165, 1.54) is 35.7 Å². The number of hydrogen-bond acceptors (Lipinski definition) is 5. The normalized spacial score (nSPS) is 16.8. The molecule has 1 aliphatic rings. The van der Waals surface area contributed by atoms with Crippen LogP contribution >= 0.6 is 11.6 Å². The zero-order valence-corrected chi connectivity index (χ0v) is 20.2. The van der Waals surface area contributed by atoms with E-state index in [0.717, 1.165) is 24.0 Å². The number of benzene rings is 2. The molecule has 1 atom stereocenters. The van der Waals surface area contributed by atoms with Crippen molar-refractivity contribution in [1.29, 1.82) is 0 Å². The second-order valence-corrected chi connectivity index (χ2v) is 10.4. The summed E-state index contributed by atoms with van der Waals surface area (Å²) in [5, 5.41) is 3.28. The number of nitrogens with one attached hydrogen (secondary N) is 1. The maximum Gasteiger partial charge on any atom is 0.305 e. The van der Waals surface area contributed by atoms with E-state index in [2.05, 4.69) is 10.1 Å². The molecule has 0 aromatic heterocycles. The van der Waals surface area contributed by atoms with Gasteiger partial charge in [-0.2, -0.15) is 4.31 Å². The van der Waals surface area contributed by atoms with Crippen molar-refractivity contribution >= 4 is 33.5 Å². The second-order valence-electron chi connectivity index (χ2n) is 8.05. The molecule has 1 unspecified atom stereocenters. The molecule has 0 bridgehead atoms. The summed E-state index contributed by atoms with van der Waals surface area (Å²) >= 11 is 5.94. The van der Waals surface area contributed by atoms with Crippen molar-refractivity contribution in [3.63, 3.8) is 0 Å². The van der Waals surface area contributed by atoms with Gasteiger partial charge in [0.15, 0.2) is 0 Å². The molecule has 0 saturated carbocycles. The van der Waals surface area contributed by atoms with Gasteiger partial charge in [0.2, 0.25) is 15.9 Å². The van der Waals surface area contributed by atoms with Crippen LogP contribution in [0.4, 0.5) is 0 Å². The first kappa shape index (κ1) is 25.2. The highest BCUT2D eigenvalue weighted by atomic mass is 35.5. The Bertz CT molecular complexity index is 1060. The Kier molecular flexibility index (Phi) is 8.88. The first-order valence-electron chi connectivity index (χ1n) is 11.0. The highest BCUT2D eigenvalue weighted by Crippen LogP contribution is 2.26. The summed E-state index contributed by atoms with van der Waals surface area (Å²) in [6.45, 7) is 0.621. The van der Waals surface area contributed by atoms with Crippen LogP contribution in [-0.2, 0) is 37.3 Å². The number of methoxy groups -OCH3 is 1. The average molecular weight is 493 g/mol. The molecule has 9 heteroatoms. The first-order chi connectivity index (χ1) is 15.8. The van der Waals surface area contributed by atoms with Crippen molar-refractivity contribution in [2.24, 2.45) is 0 Å². The van der Waals surface area contributed by atoms with E-state index in [-0.39, 0.29) is 23.3 Å². The minimum absolute atomic E-state index is 0.0749. The van der Waals surface area contributed by atoms with E-state index in [1.807, 2.05) is 24.3 Å². The SMILES string of the molecule is COC(=O)CCCc1ccc(CN(C2CCCCNC2=O)S(=O)(=O)c2ccc(Cl)cc2)cc1. The maximum atomic E-state index is 13.6. The summed E-state index contributed by atoms with van der Waals surface area (Å²) in [6.07, 6.45) is 3.78. The van der Waals surface area contributed by atoms with Gasteiger partial charge < -0.3 is 10.1 Å². The van der Waals surface area contributed by atoms with Gasteiger partial charge in [-0.25, -0.2) is 8.42 Å².